The maximum Gasteiger partial charge on any atom is 0.255 e. The number of phenolic OH excluding ortho intramolecular Hbond substituents is 1. The molecule has 7 nitrogen and oxygen atoms in total. The highest BCUT2D eigenvalue weighted by molar-refractivity contribution is 6.12. The van der Waals surface area contributed by atoms with Gasteiger partial charge in [0.05, 0.1) is 12.2 Å². The number of hydrogen-bond donors (Lipinski definition) is 1. The number of rotatable bonds is 5. The number of aromatic hydroxyl groups is 1. The second-order valence-electron chi connectivity index (χ2n) is 6.04. The number of aromatic nitrogens is 2. The maximum absolute atomic E-state index is 12.9. The average Bonchev–Trinajstić information content (AvgIpc) is 3.19. The van der Waals surface area contributed by atoms with Gasteiger partial charge in [-0.15, -0.1) is 0 Å². The number of benzene rings is 2. The molecule has 0 aliphatic heterocycles. The molecule has 2 aromatic heterocycles. The summed E-state index contributed by atoms with van der Waals surface area (Å²) < 4.78 is 11.9. The second kappa shape index (κ2) is 7.03. The lowest BCUT2D eigenvalue weighted by molar-refractivity contribution is 0.103. The lowest BCUT2D eigenvalue weighted by Gasteiger charge is -2.10. The Morgan fingerprint density at radius 1 is 1.14 bits per heavy atom. The zero-order chi connectivity index (χ0) is 19.7. The van der Waals surface area contributed by atoms with E-state index in [1.807, 2.05) is 6.92 Å². The van der Waals surface area contributed by atoms with Crippen molar-refractivity contribution < 1.29 is 19.1 Å². The molecule has 0 fully saturated rings. The predicted molar refractivity (Wildman–Crippen MR) is 102 cm³/mol. The molecule has 0 unspecified atom stereocenters. The highest BCUT2D eigenvalue weighted by atomic mass is 16.5. The Morgan fingerprint density at radius 2 is 1.93 bits per heavy atom. The van der Waals surface area contributed by atoms with Crippen molar-refractivity contribution in [3.8, 4) is 17.2 Å². The molecule has 2 aromatic carbocycles. The fraction of sp³-hybridized carbons (Fsp3) is 0.0952. The molecule has 0 aliphatic rings. The van der Waals surface area contributed by atoms with Crippen LogP contribution >= 0.6 is 0 Å². The Hall–Kier alpha value is -3.87. The lowest BCUT2D eigenvalue weighted by Crippen LogP contribution is -2.18. The summed E-state index contributed by atoms with van der Waals surface area (Å²) in [5, 5.41) is 10.4. The van der Waals surface area contributed by atoms with Crippen LogP contribution < -0.4 is 10.3 Å². The standard InChI is InChI=1S/C21H16N2O5/c1-2-27-15-6-4-14(5-7-15)23-11-13(3-10-18(23)24)20(25)16-8-9-17-19(21(16)26)22-12-28-17/h3-12,26H,2H2,1H3. The lowest BCUT2D eigenvalue weighted by atomic mass is 10.0. The molecule has 28 heavy (non-hydrogen) atoms. The highest BCUT2D eigenvalue weighted by Crippen LogP contribution is 2.29. The van der Waals surface area contributed by atoms with E-state index in [0.29, 0.717) is 23.6 Å². The van der Waals surface area contributed by atoms with E-state index in [0.717, 1.165) is 0 Å². The number of hydrogen-bond acceptors (Lipinski definition) is 6. The Labute approximate surface area is 159 Å². The number of phenols is 1. The van der Waals surface area contributed by atoms with Crippen molar-refractivity contribution in [2.75, 3.05) is 6.61 Å². The minimum absolute atomic E-state index is 0.0818. The van der Waals surface area contributed by atoms with Crippen LogP contribution in [0.3, 0.4) is 0 Å². The van der Waals surface area contributed by atoms with Crippen LogP contribution in [0.1, 0.15) is 22.8 Å². The zero-order valence-corrected chi connectivity index (χ0v) is 15.0. The quantitative estimate of drug-likeness (QED) is 0.537. The monoisotopic (exact) mass is 376 g/mol. The number of carbonyl (C=O) groups excluding carboxylic acids is 1. The number of pyridine rings is 1. The minimum Gasteiger partial charge on any atom is -0.505 e. The van der Waals surface area contributed by atoms with Gasteiger partial charge in [0, 0.05) is 23.5 Å². The number of ether oxygens (including phenoxy) is 1. The molecule has 4 rings (SSSR count). The van der Waals surface area contributed by atoms with Crippen LogP contribution in [0.15, 0.2) is 70.3 Å². The SMILES string of the molecule is CCOc1ccc(-n2cc(C(=O)c3ccc4ocnc4c3O)ccc2=O)cc1. The van der Waals surface area contributed by atoms with Crippen molar-refractivity contribution in [1.82, 2.24) is 9.55 Å². The van der Waals surface area contributed by atoms with Crippen LogP contribution in [0.25, 0.3) is 16.8 Å². The third kappa shape index (κ3) is 3.03. The Balaban J connectivity index is 1.74. The van der Waals surface area contributed by atoms with Crippen LogP contribution in [0.2, 0.25) is 0 Å². The number of oxazole rings is 1. The minimum atomic E-state index is -0.429. The topological polar surface area (TPSA) is 94.6 Å². The van der Waals surface area contributed by atoms with E-state index in [2.05, 4.69) is 4.98 Å². The van der Waals surface area contributed by atoms with Crippen LogP contribution in [0.4, 0.5) is 0 Å². The summed E-state index contributed by atoms with van der Waals surface area (Å²) in [5.41, 5.74) is 1.25. The first-order valence-electron chi connectivity index (χ1n) is 8.64. The van der Waals surface area contributed by atoms with E-state index in [4.69, 9.17) is 9.15 Å². The van der Waals surface area contributed by atoms with Crippen molar-refractivity contribution >= 4 is 16.9 Å². The van der Waals surface area contributed by atoms with E-state index in [1.54, 1.807) is 30.3 Å². The second-order valence-corrected chi connectivity index (χ2v) is 6.04. The molecule has 0 aliphatic carbocycles. The number of nitrogens with zero attached hydrogens (tertiary/aromatic N) is 2. The molecule has 140 valence electrons. The molecule has 1 N–H and O–H groups in total. The Morgan fingerprint density at radius 3 is 2.68 bits per heavy atom. The van der Waals surface area contributed by atoms with Gasteiger partial charge >= 0.3 is 0 Å². The third-order valence-corrected chi connectivity index (χ3v) is 4.32. The number of ketones is 1. The van der Waals surface area contributed by atoms with Gasteiger partial charge in [-0.2, -0.15) is 0 Å². The molecule has 4 aromatic rings. The van der Waals surface area contributed by atoms with Crippen molar-refractivity contribution in [3.63, 3.8) is 0 Å². The smallest absolute Gasteiger partial charge is 0.255 e. The van der Waals surface area contributed by atoms with Crippen molar-refractivity contribution in [1.29, 1.82) is 0 Å². The molecule has 0 bridgehead atoms. The van der Waals surface area contributed by atoms with E-state index in [-0.39, 0.29) is 28.0 Å². The summed E-state index contributed by atoms with van der Waals surface area (Å²) in [7, 11) is 0. The van der Waals surface area contributed by atoms with Gasteiger partial charge in [0.2, 0.25) is 0 Å². The van der Waals surface area contributed by atoms with Gasteiger partial charge in [0.1, 0.15) is 5.75 Å². The van der Waals surface area contributed by atoms with Gasteiger partial charge in [-0.05, 0) is 49.4 Å². The van der Waals surface area contributed by atoms with Crippen LogP contribution in [-0.4, -0.2) is 27.0 Å². The number of fused-ring (bicyclic) bond motifs is 1. The molecule has 0 radical (unpaired) electrons. The van der Waals surface area contributed by atoms with Crippen molar-refractivity contribution in [2.45, 2.75) is 6.92 Å². The number of carbonyl (C=O) groups is 1. The van der Waals surface area contributed by atoms with E-state index in [1.165, 1.54) is 35.4 Å². The largest absolute Gasteiger partial charge is 0.505 e. The Bertz CT molecular complexity index is 1220. The first-order chi connectivity index (χ1) is 13.6. The van der Waals surface area contributed by atoms with Gasteiger partial charge in [-0.25, -0.2) is 4.98 Å². The average molecular weight is 376 g/mol. The molecule has 7 heteroatoms. The maximum atomic E-state index is 12.9. The summed E-state index contributed by atoms with van der Waals surface area (Å²) >= 11 is 0. The fourth-order valence-corrected chi connectivity index (χ4v) is 2.95. The van der Waals surface area contributed by atoms with E-state index in [9.17, 15) is 14.7 Å². The predicted octanol–water partition coefficient (Wildman–Crippen LogP) is 3.31. The van der Waals surface area contributed by atoms with Crippen LogP contribution in [-0.2, 0) is 0 Å². The summed E-state index contributed by atoms with van der Waals surface area (Å²) in [5.74, 6) is 0.00882. The zero-order valence-electron chi connectivity index (χ0n) is 15.0. The van der Waals surface area contributed by atoms with Crippen molar-refractivity contribution in [3.05, 3.63) is 82.6 Å². The molecule has 0 amide bonds. The van der Waals surface area contributed by atoms with E-state index < -0.39 is 5.78 Å². The third-order valence-electron chi connectivity index (χ3n) is 4.32. The van der Waals surface area contributed by atoms with E-state index >= 15 is 0 Å². The van der Waals surface area contributed by atoms with Gasteiger partial charge in [0.15, 0.2) is 29.0 Å². The summed E-state index contributed by atoms with van der Waals surface area (Å²) in [6, 6.07) is 12.8. The van der Waals surface area contributed by atoms with Crippen LogP contribution in [0.5, 0.6) is 11.5 Å². The fourth-order valence-electron chi connectivity index (χ4n) is 2.95. The molecule has 0 spiro atoms. The Kier molecular flexibility index (Phi) is 4.41. The van der Waals surface area contributed by atoms with Gasteiger partial charge in [-0.1, -0.05) is 0 Å². The van der Waals surface area contributed by atoms with Crippen molar-refractivity contribution in [2.24, 2.45) is 0 Å². The summed E-state index contributed by atoms with van der Waals surface area (Å²) in [6.07, 6.45) is 2.65. The molecule has 0 saturated carbocycles. The van der Waals surface area contributed by atoms with Gasteiger partial charge in [0.25, 0.3) is 5.56 Å². The summed E-state index contributed by atoms with van der Waals surface area (Å²) in [6.45, 7) is 2.43. The first-order valence-corrected chi connectivity index (χ1v) is 8.64. The molecule has 2 heterocycles. The summed E-state index contributed by atoms with van der Waals surface area (Å²) in [4.78, 5) is 29.1. The van der Waals surface area contributed by atoms with Gasteiger partial charge in [-0.3, -0.25) is 14.2 Å². The molecule has 0 saturated heterocycles. The normalized spacial score (nSPS) is 10.9. The molecule has 0 atom stereocenters. The van der Waals surface area contributed by atoms with Crippen LogP contribution in [0, 0.1) is 0 Å². The molecular weight excluding hydrogens is 360 g/mol. The first kappa shape index (κ1) is 17.5. The highest BCUT2D eigenvalue weighted by Gasteiger charge is 2.18. The molecular formula is C21H16N2O5. The van der Waals surface area contributed by atoms with Gasteiger partial charge < -0.3 is 14.3 Å².